The van der Waals surface area contributed by atoms with Gasteiger partial charge < -0.3 is 10.2 Å². The Morgan fingerprint density at radius 2 is 1.83 bits per heavy atom. The minimum absolute atomic E-state index is 0.183. The number of nitrogens with one attached hydrogen (secondary N) is 1. The second-order valence-corrected chi connectivity index (χ2v) is 6.48. The molecule has 0 unspecified atom stereocenters. The zero-order chi connectivity index (χ0) is 16.8. The molecular formula is C19H22ClN3O. The zero-order valence-corrected chi connectivity index (χ0v) is 14.4. The molecule has 0 aliphatic carbocycles. The lowest BCUT2D eigenvalue weighted by atomic mass is 10.2. The van der Waals surface area contributed by atoms with Crippen LogP contribution in [0.1, 0.15) is 41.7 Å². The van der Waals surface area contributed by atoms with Gasteiger partial charge in [0, 0.05) is 24.7 Å². The number of carbonyl (C=O) groups is 1. The molecular weight excluding hydrogens is 322 g/mol. The number of aromatic nitrogens is 1. The van der Waals surface area contributed by atoms with Gasteiger partial charge in [0.15, 0.2) is 0 Å². The number of halogens is 1. The van der Waals surface area contributed by atoms with Gasteiger partial charge in [0.1, 0.15) is 5.69 Å². The van der Waals surface area contributed by atoms with Crippen molar-refractivity contribution in [1.29, 1.82) is 0 Å². The smallest absolute Gasteiger partial charge is 0.270 e. The molecule has 1 amide bonds. The van der Waals surface area contributed by atoms with E-state index >= 15 is 0 Å². The summed E-state index contributed by atoms with van der Waals surface area (Å²) >= 11 is 6.10. The van der Waals surface area contributed by atoms with Crippen molar-refractivity contribution >= 4 is 23.2 Å². The van der Waals surface area contributed by atoms with Gasteiger partial charge in [-0.1, -0.05) is 42.6 Å². The molecule has 1 aliphatic heterocycles. The Hall–Kier alpha value is -2.07. The Balaban J connectivity index is 1.60. The third-order valence-corrected chi connectivity index (χ3v) is 4.72. The number of rotatable bonds is 4. The zero-order valence-electron chi connectivity index (χ0n) is 13.7. The Kier molecular flexibility index (Phi) is 5.70. The molecule has 1 aliphatic rings. The lowest BCUT2D eigenvalue weighted by molar-refractivity contribution is 0.0946. The van der Waals surface area contributed by atoms with Gasteiger partial charge in [-0.2, -0.15) is 0 Å². The Morgan fingerprint density at radius 1 is 1.08 bits per heavy atom. The third kappa shape index (κ3) is 4.26. The van der Waals surface area contributed by atoms with Crippen LogP contribution in [-0.4, -0.2) is 24.0 Å². The quantitative estimate of drug-likeness (QED) is 0.911. The van der Waals surface area contributed by atoms with Crippen LogP contribution in [0.3, 0.4) is 0 Å². The first-order valence-electron chi connectivity index (χ1n) is 8.46. The summed E-state index contributed by atoms with van der Waals surface area (Å²) in [6.45, 7) is 2.54. The van der Waals surface area contributed by atoms with Crippen LogP contribution in [0.2, 0.25) is 5.02 Å². The van der Waals surface area contributed by atoms with Crippen molar-refractivity contribution in [1.82, 2.24) is 10.3 Å². The van der Waals surface area contributed by atoms with E-state index in [9.17, 15) is 4.79 Å². The van der Waals surface area contributed by atoms with Gasteiger partial charge in [-0.3, -0.25) is 4.79 Å². The molecule has 0 bridgehead atoms. The van der Waals surface area contributed by atoms with Crippen molar-refractivity contribution in [3.63, 3.8) is 0 Å². The first-order valence-corrected chi connectivity index (χ1v) is 8.84. The van der Waals surface area contributed by atoms with Crippen molar-refractivity contribution < 1.29 is 4.79 Å². The van der Waals surface area contributed by atoms with E-state index in [1.807, 2.05) is 30.3 Å². The highest BCUT2D eigenvalue weighted by molar-refractivity contribution is 6.31. The summed E-state index contributed by atoms with van der Waals surface area (Å²) in [4.78, 5) is 18.9. The molecule has 24 heavy (non-hydrogen) atoms. The third-order valence-electron chi connectivity index (χ3n) is 4.35. The molecule has 2 aromatic rings. The Morgan fingerprint density at radius 3 is 2.50 bits per heavy atom. The lowest BCUT2D eigenvalue weighted by Gasteiger charge is -2.22. The standard InChI is InChI=1S/C19H22ClN3O/c20-17-8-4-3-7-15(17)13-22-19(24)18-10-9-16(14-21-18)23-11-5-1-2-6-12-23/h3-4,7-10,14H,1-2,5-6,11-13H2,(H,22,24). The average molecular weight is 344 g/mol. The monoisotopic (exact) mass is 343 g/mol. The van der Waals surface area contributed by atoms with E-state index in [1.165, 1.54) is 25.7 Å². The molecule has 1 N–H and O–H groups in total. The highest BCUT2D eigenvalue weighted by Gasteiger charge is 2.12. The van der Waals surface area contributed by atoms with Gasteiger partial charge in [-0.05, 0) is 36.6 Å². The highest BCUT2D eigenvalue weighted by atomic mass is 35.5. The number of hydrogen-bond acceptors (Lipinski definition) is 3. The average Bonchev–Trinajstić information content (AvgIpc) is 2.90. The summed E-state index contributed by atoms with van der Waals surface area (Å²) < 4.78 is 0. The van der Waals surface area contributed by atoms with Crippen molar-refractivity contribution in [2.45, 2.75) is 32.2 Å². The summed E-state index contributed by atoms with van der Waals surface area (Å²) in [5.74, 6) is -0.183. The molecule has 1 aromatic heterocycles. The van der Waals surface area contributed by atoms with E-state index in [1.54, 1.807) is 12.3 Å². The molecule has 1 aromatic carbocycles. The van der Waals surface area contributed by atoms with Crippen LogP contribution < -0.4 is 10.2 Å². The maximum atomic E-state index is 12.2. The summed E-state index contributed by atoms with van der Waals surface area (Å²) in [5.41, 5.74) is 2.42. The fourth-order valence-corrected chi connectivity index (χ4v) is 3.15. The van der Waals surface area contributed by atoms with Crippen LogP contribution in [0.5, 0.6) is 0 Å². The van der Waals surface area contributed by atoms with Gasteiger partial charge in [0.05, 0.1) is 11.9 Å². The fraction of sp³-hybridized carbons (Fsp3) is 0.368. The van der Waals surface area contributed by atoms with Gasteiger partial charge >= 0.3 is 0 Å². The van der Waals surface area contributed by atoms with Gasteiger partial charge in [-0.15, -0.1) is 0 Å². The largest absolute Gasteiger partial charge is 0.370 e. The van der Waals surface area contributed by atoms with Crippen molar-refractivity contribution in [2.75, 3.05) is 18.0 Å². The molecule has 4 nitrogen and oxygen atoms in total. The van der Waals surface area contributed by atoms with E-state index in [2.05, 4.69) is 15.2 Å². The molecule has 1 fully saturated rings. The first-order chi connectivity index (χ1) is 11.7. The van der Waals surface area contributed by atoms with E-state index in [4.69, 9.17) is 11.6 Å². The summed E-state index contributed by atoms with van der Waals surface area (Å²) in [5, 5.41) is 3.52. The Labute approximate surface area is 147 Å². The first kappa shape index (κ1) is 16.8. The minimum atomic E-state index is -0.183. The number of hydrogen-bond donors (Lipinski definition) is 1. The topological polar surface area (TPSA) is 45.2 Å². The highest BCUT2D eigenvalue weighted by Crippen LogP contribution is 2.19. The van der Waals surface area contributed by atoms with Crippen LogP contribution in [0.4, 0.5) is 5.69 Å². The van der Waals surface area contributed by atoms with E-state index < -0.39 is 0 Å². The molecule has 0 spiro atoms. The van der Waals surface area contributed by atoms with Crippen molar-refractivity contribution in [3.05, 3.63) is 58.9 Å². The van der Waals surface area contributed by atoms with Crippen LogP contribution >= 0.6 is 11.6 Å². The van der Waals surface area contributed by atoms with Crippen molar-refractivity contribution in [2.24, 2.45) is 0 Å². The number of nitrogens with zero attached hydrogens (tertiary/aromatic N) is 2. The number of carbonyl (C=O) groups excluding carboxylic acids is 1. The minimum Gasteiger partial charge on any atom is -0.370 e. The van der Waals surface area contributed by atoms with Crippen LogP contribution in [0.15, 0.2) is 42.6 Å². The van der Waals surface area contributed by atoms with Gasteiger partial charge in [0.2, 0.25) is 0 Å². The molecule has 3 rings (SSSR count). The predicted molar refractivity (Wildman–Crippen MR) is 97.5 cm³/mol. The summed E-state index contributed by atoms with van der Waals surface area (Å²) in [6.07, 6.45) is 6.84. The number of benzene rings is 1. The normalized spacial score (nSPS) is 15.0. The molecule has 126 valence electrons. The maximum Gasteiger partial charge on any atom is 0.270 e. The van der Waals surface area contributed by atoms with Gasteiger partial charge in [-0.25, -0.2) is 4.98 Å². The summed E-state index contributed by atoms with van der Waals surface area (Å²) in [7, 11) is 0. The second kappa shape index (κ2) is 8.15. The van der Waals surface area contributed by atoms with E-state index in [0.717, 1.165) is 24.3 Å². The predicted octanol–water partition coefficient (Wildman–Crippen LogP) is 4.05. The summed E-state index contributed by atoms with van der Waals surface area (Å²) in [6, 6.07) is 11.3. The molecule has 0 radical (unpaired) electrons. The van der Waals surface area contributed by atoms with Crippen LogP contribution in [0.25, 0.3) is 0 Å². The number of anilines is 1. The molecule has 2 heterocycles. The molecule has 0 atom stereocenters. The fourth-order valence-electron chi connectivity index (χ4n) is 2.94. The van der Waals surface area contributed by atoms with Gasteiger partial charge in [0.25, 0.3) is 5.91 Å². The van der Waals surface area contributed by atoms with E-state index in [-0.39, 0.29) is 5.91 Å². The lowest BCUT2D eigenvalue weighted by Crippen LogP contribution is -2.26. The number of amides is 1. The molecule has 5 heteroatoms. The number of pyridine rings is 1. The second-order valence-electron chi connectivity index (χ2n) is 6.08. The van der Waals surface area contributed by atoms with Crippen molar-refractivity contribution in [3.8, 4) is 0 Å². The van der Waals surface area contributed by atoms with Crippen LogP contribution in [0, 0.1) is 0 Å². The van der Waals surface area contributed by atoms with E-state index in [0.29, 0.717) is 17.3 Å². The van der Waals surface area contributed by atoms with Crippen LogP contribution in [-0.2, 0) is 6.54 Å². The Bertz CT molecular complexity index is 679. The maximum absolute atomic E-state index is 12.2. The molecule has 1 saturated heterocycles. The molecule has 0 saturated carbocycles. The SMILES string of the molecule is O=C(NCc1ccccc1Cl)c1ccc(N2CCCCCC2)cn1.